The Labute approximate surface area is 179 Å². The molecule has 1 aromatic carbocycles. The summed E-state index contributed by atoms with van der Waals surface area (Å²) in [5, 5.41) is 0. The van der Waals surface area contributed by atoms with Gasteiger partial charge in [-0.3, -0.25) is 4.90 Å². The van der Waals surface area contributed by atoms with Gasteiger partial charge in [-0.05, 0) is 68.1 Å². The maximum atomic E-state index is 14.5. The van der Waals surface area contributed by atoms with Crippen molar-refractivity contribution in [1.29, 1.82) is 0 Å². The van der Waals surface area contributed by atoms with Gasteiger partial charge in [-0.15, -0.1) is 12.4 Å². The standard InChI is InChI=1S/C24H30FNO2.ClH/c1-5-11-26(12-6-2)19-13-21-20(9-10-22(25)24(21)28-15-19)23-16(3)7-8-18(14-27)17(23)4;/h7-10,17,19H,5-6,11-13,15H2,1-4H3;1H/t17?,19-;/m1./s1. The second-order valence-electron chi connectivity index (χ2n) is 7.82. The van der Waals surface area contributed by atoms with Crippen molar-refractivity contribution in [2.75, 3.05) is 19.7 Å². The summed E-state index contributed by atoms with van der Waals surface area (Å²) in [6.07, 6.45) is 6.70. The molecule has 0 saturated heterocycles. The van der Waals surface area contributed by atoms with Gasteiger partial charge in [-0.25, -0.2) is 9.18 Å². The highest BCUT2D eigenvalue weighted by Crippen LogP contribution is 2.42. The summed E-state index contributed by atoms with van der Waals surface area (Å²) < 4.78 is 20.5. The number of halogens is 2. The Balaban J connectivity index is 0.00000300. The van der Waals surface area contributed by atoms with Gasteiger partial charge in [0.25, 0.3) is 0 Å². The van der Waals surface area contributed by atoms with Gasteiger partial charge in [0.1, 0.15) is 12.5 Å². The molecule has 0 spiro atoms. The van der Waals surface area contributed by atoms with Crippen LogP contribution in [0.1, 0.15) is 51.7 Å². The molecule has 1 aliphatic heterocycles. The molecule has 0 aromatic heterocycles. The predicted molar refractivity (Wildman–Crippen MR) is 119 cm³/mol. The normalized spacial score (nSPS) is 20.8. The molecule has 3 rings (SSSR count). The van der Waals surface area contributed by atoms with Crippen molar-refractivity contribution in [2.24, 2.45) is 5.92 Å². The molecule has 3 nitrogen and oxygen atoms in total. The molecule has 0 N–H and O–H groups in total. The monoisotopic (exact) mass is 419 g/mol. The van der Waals surface area contributed by atoms with Gasteiger partial charge in [0.05, 0.1) is 0 Å². The molecule has 2 aliphatic rings. The van der Waals surface area contributed by atoms with Crippen molar-refractivity contribution in [3.63, 3.8) is 0 Å². The zero-order valence-corrected chi connectivity index (χ0v) is 18.6. The lowest BCUT2D eigenvalue weighted by Gasteiger charge is -2.36. The number of hydrogen-bond donors (Lipinski definition) is 0. The van der Waals surface area contributed by atoms with E-state index in [1.165, 1.54) is 6.07 Å². The molecule has 1 unspecified atom stereocenters. The summed E-state index contributed by atoms with van der Waals surface area (Å²) >= 11 is 0. The molecule has 0 amide bonds. The van der Waals surface area contributed by atoms with Gasteiger partial charge in [-0.1, -0.05) is 32.9 Å². The Morgan fingerprint density at radius 3 is 2.52 bits per heavy atom. The van der Waals surface area contributed by atoms with Gasteiger partial charge in [0.2, 0.25) is 0 Å². The molecular formula is C24H31ClFNO2. The molecule has 2 atom stereocenters. The van der Waals surface area contributed by atoms with E-state index in [1.54, 1.807) is 0 Å². The molecule has 0 fully saturated rings. The summed E-state index contributed by atoms with van der Waals surface area (Å²) in [7, 11) is 0. The van der Waals surface area contributed by atoms with E-state index in [1.807, 2.05) is 32.1 Å². The van der Waals surface area contributed by atoms with Crippen molar-refractivity contribution in [2.45, 2.75) is 53.0 Å². The largest absolute Gasteiger partial charge is 0.489 e. The van der Waals surface area contributed by atoms with E-state index in [0.717, 1.165) is 54.6 Å². The predicted octanol–water partition coefficient (Wildman–Crippen LogP) is 5.41. The maximum Gasteiger partial charge on any atom is 0.165 e. The first-order chi connectivity index (χ1) is 13.5. The Morgan fingerprint density at radius 1 is 1.21 bits per heavy atom. The molecule has 1 aliphatic carbocycles. The third-order valence-electron chi connectivity index (χ3n) is 5.86. The van der Waals surface area contributed by atoms with Crippen LogP contribution in [0.3, 0.4) is 0 Å². The van der Waals surface area contributed by atoms with Crippen molar-refractivity contribution in [3.05, 3.63) is 52.4 Å². The Bertz CT molecular complexity index is 849. The van der Waals surface area contributed by atoms with Crippen LogP contribution in [0.15, 0.2) is 35.4 Å². The number of benzene rings is 1. The quantitative estimate of drug-likeness (QED) is 0.577. The lowest BCUT2D eigenvalue weighted by Crippen LogP contribution is -2.44. The number of carbonyl (C=O) groups excluding carboxylic acids is 1. The van der Waals surface area contributed by atoms with Crippen LogP contribution in [0, 0.1) is 11.7 Å². The summed E-state index contributed by atoms with van der Waals surface area (Å²) in [4.78, 5) is 13.8. The van der Waals surface area contributed by atoms with E-state index in [2.05, 4.69) is 24.7 Å². The lowest BCUT2D eigenvalue weighted by atomic mass is 9.79. The number of rotatable bonds is 6. The van der Waals surface area contributed by atoms with E-state index >= 15 is 0 Å². The summed E-state index contributed by atoms with van der Waals surface area (Å²) in [5.74, 6) is 2.06. The maximum absolute atomic E-state index is 14.5. The van der Waals surface area contributed by atoms with Crippen molar-refractivity contribution >= 4 is 23.9 Å². The summed E-state index contributed by atoms with van der Waals surface area (Å²) in [6.45, 7) is 11.0. The van der Waals surface area contributed by atoms with E-state index in [-0.39, 0.29) is 30.2 Å². The molecule has 158 valence electrons. The van der Waals surface area contributed by atoms with Crippen LogP contribution in [0.2, 0.25) is 0 Å². The highest BCUT2D eigenvalue weighted by molar-refractivity contribution is 5.85. The van der Waals surface area contributed by atoms with E-state index in [4.69, 9.17) is 4.74 Å². The summed E-state index contributed by atoms with van der Waals surface area (Å²) in [5.41, 5.74) is 4.72. The van der Waals surface area contributed by atoms with Gasteiger partial charge in [-0.2, -0.15) is 0 Å². The summed E-state index contributed by atoms with van der Waals surface area (Å²) in [6, 6.07) is 3.57. The average Bonchev–Trinajstić information content (AvgIpc) is 2.69. The van der Waals surface area contributed by atoms with Gasteiger partial charge < -0.3 is 4.74 Å². The molecule has 1 aromatic rings. The van der Waals surface area contributed by atoms with E-state index in [0.29, 0.717) is 17.9 Å². The molecule has 1 heterocycles. The SMILES string of the molecule is CCCN(CCC)[C@H]1COc2c(F)ccc(C3=C(C)C=CC(=C=O)C3C)c2C1.Cl. The minimum Gasteiger partial charge on any atom is -0.489 e. The van der Waals surface area contributed by atoms with Crippen LogP contribution in [0.4, 0.5) is 4.39 Å². The number of fused-ring (bicyclic) bond motifs is 1. The van der Waals surface area contributed by atoms with Gasteiger partial charge >= 0.3 is 0 Å². The number of allylic oxidation sites excluding steroid dienone is 5. The first kappa shape index (κ1) is 23.4. The zero-order valence-electron chi connectivity index (χ0n) is 17.8. The third kappa shape index (κ3) is 4.66. The Hall–Kier alpha value is -1.87. The van der Waals surface area contributed by atoms with Gasteiger partial charge in [0, 0.05) is 23.1 Å². The fraction of sp³-hybridized carbons (Fsp3) is 0.500. The highest BCUT2D eigenvalue weighted by atomic mass is 35.5. The Kier molecular flexibility index (Phi) is 8.27. The smallest absolute Gasteiger partial charge is 0.165 e. The Morgan fingerprint density at radius 2 is 1.90 bits per heavy atom. The molecule has 0 saturated carbocycles. The minimum atomic E-state index is -0.307. The van der Waals surface area contributed by atoms with Crippen molar-refractivity contribution < 1.29 is 13.9 Å². The van der Waals surface area contributed by atoms with Crippen LogP contribution in [-0.2, 0) is 11.2 Å². The lowest BCUT2D eigenvalue weighted by molar-refractivity contribution is 0.115. The molecular weight excluding hydrogens is 389 g/mol. The molecule has 0 radical (unpaired) electrons. The van der Waals surface area contributed by atoms with Crippen LogP contribution in [0.5, 0.6) is 5.75 Å². The minimum absolute atomic E-state index is 0. The average molecular weight is 420 g/mol. The fourth-order valence-corrected chi connectivity index (χ4v) is 4.48. The first-order valence-electron chi connectivity index (χ1n) is 10.3. The third-order valence-corrected chi connectivity index (χ3v) is 5.86. The molecule has 5 heteroatoms. The van der Waals surface area contributed by atoms with Crippen LogP contribution in [-0.4, -0.2) is 36.6 Å². The first-order valence-corrected chi connectivity index (χ1v) is 10.3. The van der Waals surface area contributed by atoms with Gasteiger partial charge in [0.15, 0.2) is 11.6 Å². The van der Waals surface area contributed by atoms with E-state index < -0.39 is 0 Å². The molecule has 29 heavy (non-hydrogen) atoms. The van der Waals surface area contributed by atoms with Crippen molar-refractivity contribution in [3.8, 4) is 5.75 Å². The topological polar surface area (TPSA) is 29.5 Å². The second-order valence-corrected chi connectivity index (χ2v) is 7.82. The van der Waals surface area contributed by atoms with Crippen LogP contribution < -0.4 is 4.74 Å². The van der Waals surface area contributed by atoms with Crippen LogP contribution >= 0.6 is 12.4 Å². The van der Waals surface area contributed by atoms with E-state index in [9.17, 15) is 9.18 Å². The zero-order chi connectivity index (χ0) is 20.3. The number of nitrogens with zero attached hydrogens (tertiary/aromatic N) is 1. The highest BCUT2D eigenvalue weighted by Gasteiger charge is 2.31. The van der Waals surface area contributed by atoms with Crippen molar-refractivity contribution in [1.82, 2.24) is 4.90 Å². The fourth-order valence-electron chi connectivity index (χ4n) is 4.48. The second kappa shape index (κ2) is 10.2. The van der Waals surface area contributed by atoms with Crippen LogP contribution in [0.25, 0.3) is 5.57 Å². The number of ether oxygens (including phenoxy) is 1. The number of hydrogen-bond acceptors (Lipinski definition) is 3. The molecule has 0 bridgehead atoms.